The number of carbonyl (C=O) groups excluding carboxylic acids is 1. The maximum atomic E-state index is 12.4. The van der Waals surface area contributed by atoms with Gasteiger partial charge in [0.05, 0.1) is 5.69 Å². The van der Waals surface area contributed by atoms with E-state index in [0.29, 0.717) is 5.69 Å². The van der Waals surface area contributed by atoms with Crippen molar-refractivity contribution in [1.82, 2.24) is 0 Å². The average molecular weight is 373 g/mol. The third kappa shape index (κ3) is 3.23. The van der Waals surface area contributed by atoms with E-state index in [-0.39, 0.29) is 16.5 Å². The maximum absolute atomic E-state index is 12.4. The Morgan fingerprint density at radius 3 is 2.81 bits per heavy atom. The van der Waals surface area contributed by atoms with E-state index in [2.05, 4.69) is 20.7 Å². The lowest BCUT2D eigenvalue weighted by atomic mass is 10.0. The first-order chi connectivity index (χ1) is 10.00. The summed E-state index contributed by atoms with van der Waals surface area (Å²) in [4.78, 5) is 14.2. The number of carbonyl (C=O) groups is 1. The molecule has 0 atom stereocenters. The zero-order valence-corrected chi connectivity index (χ0v) is 13.9. The fraction of sp³-hybridized carbons (Fsp3) is 0.500. The van der Waals surface area contributed by atoms with Crippen molar-refractivity contribution in [3.8, 4) is 0 Å². The van der Waals surface area contributed by atoms with Crippen LogP contribution in [0.15, 0.2) is 18.2 Å². The summed E-state index contributed by atoms with van der Waals surface area (Å²) in [5, 5.41) is 0. The molecule has 1 aliphatic carbocycles. The SMILES string of the molecule is O=C(C1CC1)N1CCCc2ccc(NS(=O)(=O)CBr)cc21. The van der Waals surface area contributed by atoms with Crippen LogP contribution in [0.3, 0.4) is 0 Å². The molecular formula is C14H17BrN2O3S. The third-order valence-corrected chi connectivity index (χ3v) is 6.46. The second kappa shape index (κ2) is 5.61. The number of anilines is 2. The molecule has 1 fully saturated rings. The molecule has 0 aromatic heterocycles. The Bertz CT molecular complexity index is 671. The van der Waals surface area contributed by atoms with Gasteiger partial charge in [0.25, 0.3) is 0 Å². The standard InChI is InChI=1S/C14H17BrN2O3S/c15-9-21(19,20)16-12-6-5-10-2-1-7-17(13(10)8-12)14(18)11-3-4-11/h5-6,8,11,16H,1-4,7,9H2. The summed E-state index contributed by atoms with van der Waals surface area (Å²) in [6.07, 6.45) is 3.83. The zero-order valence-electron chi connectivity index (χ0n) is 11.5. The molecule has 0 spiro atoms. The fourth-order valence-electron chi connectivity index (χ4n) is 2.62. The van der Waals surface area contributed by atoms with Gasteiger partial charge < -0.3 is 4.90 Å². The number of halogens is 1. The van der Waals surface area contributed by atoms with Gasteiger partial charge in [-0.15, -0.1) is 0 Å². The molecule has 1 saturated carbocycles. The van der Waals surface area contributed by atoms with Gasteiger partial charge in [0.1, 0.15) is 4.66 Å². The number of nitrogens with one attached hydrogen (secondary N) is 1. The van der Waals surface area contributed by atoms with Crippen LogP contribution in [0.25, 0.3) is 0 Å². The van der Waals surface area contributed by atoms with Crippen LogP contribution in [-0.2, 0) is 21.2 Å². The van der Waals surface area contributed by atoms with Crippen LogP contribution < -0.4 is 9.62 Å². The van der Waals surface area contributed by atoms with E-state index in [1.165, 1.54) is 0 Å². The molecular weight excluding hydrogens is 356 g/mol. The van der Waals surface area contributed by atoms with E-state index >= 15 is 0 Å². The number of hydrogen-bond donors (Lipinski definition) is 1. The van der Waals surface area contributed by atoms with Crippen molar-refractivity contribution >= 4 is 43.2 Å². The lowest BCUT2D eigenvalue weighted by Crippen LogP contribution is -2.36. The minimum absolute atomic E-state index is 0.151. The topological polar surface area (TPSA) is 66.5 Å². The van der Waals surface area contributed by atoms with E-state index < -0.39 is 10.0 Å². The summed E-state index contributed by atoms with van der Waals surface area (Å²) in [5.74, 6) is 0.343. The molecule has 114 valence electrons. The minimum atomic E-state index is -3.38. The van der Waals surface area contributed by atoms with Crippen LogP contribution in [0, 0.1) is 5.92 Å². The number of alkyl halides is 1. The lowest BCUT2D eigenvalue weighted by molar-refractivity contribution is -0.119. The smallest absolute Gasteiger partial charge is 0.242 e. The molecule has 0 unspecified atom stereocenters. The highest BCUT2D eigenvalue weighted by Crippen LogP contribution is 2.37. The van der Waals surface area contributed by atoms with Gasteiger partial charge in [0.15, 0.2) is 0 Å². The number of amides is 1. The largest absolute Gasteiger partial charge is 0.312 e. The predicted octanol–water partition coefficient (Wildman–Crippen LogP) is 2.47. The van der Waals surface area contributed by atoms with Crippen LogP contribution >= 0.6 is 15.9 Å². The Morgan fingerprint density at radius 2 is 2.14 bits per heavy atom. The predicted molar refractivity (Wildman–Crippen MR) is 86.2 cm³/mol. The second-order valence-electron chi connectivity index (χ2n) is 5.54. The van der Waals surface area contributed by atoms with Gasteiger partial charge in [-0.2, -0.15) is 0 Å². The summed E-state index contributed by atoms with van der Waals surface area (Å²) >= 11 is 2.95. The van der Waals surface area contributed by atoms with Crippen LogP contribution in [0.5, 0.6) is 0 Å². The first-order valence-electron chi connectivity index (χ1n) is 7.01. The van der Waals surface area contributed by atoms with E-state index in [0.717, 1.165) is 43.5 Å². The molecule has 1 amide bonds. The van der Waals surface area contributed by atoms with Gasteiger partial charge in [-0.05, 0) is 43.4 Å². The van der Waals surface area contributed by atoms with Crippen molar-refractivity contribution < 1.29 is 13.2 Å². The molecule has 1 N–H and O–H groups in total. The number of hydrogen-bond acceptors (Lipinski definition) is 3. The molecule has 0 saturated heterocycles. The van der Waals surface area contributed by atoms with E-state index in [9.17, 15) is 13.2 Å². The Balaban J connectivity index is 1.91. The fourth-order valence-corrected chi connectivity index (χ4v) is 3.51. The summed E-state index contributed by atoms with van der Waals surface area (Å²) in [7, 11) is -3.38. The highest BCUT2D eigenvalue weighted by Gasteiger charge is 2.35. The molecule has 1 aromatic rings. The van der Waals surface area contributed by atoms with E-state index in [1.54, 1.807) is 12.1 Å². The highest BCUT2D eigenvalue weighted by atomic mass is 79.9. The van der Waals surface area contributed by atoms with Gasteiger partial charge in [-0.25, -0.2) is 8.42 Å². The van der Waals surface area contributed by atoms with Crippen molar-refractivity contribution in [3.63, 3.8) is 0 Å². The number of fused-ring (bicyclic) bond motifs is 1. The van der Waals surface area contributed by atoms with E-state index in [4.69, 9.17) is 0 Å². The van der Waals surface area contributed by atoms with E-state index in [1.807, 2.05) is 11.0 Å². The number of sulfonamides is 1. The molecule has 0 bridgehead atoms. The van der Waals surface area contributed by atoms with Crippen LogP contribution in [0.1, 0.15) is 24.8 Å². The second-order valence-corrected chi connectivity index (χ2v) is 8.56. The van der Waals surface area contributed by atoms with Crippen molar-refractivity contribution in [2.24, 2.45) is 5.92 Å². The molecule has 21 heavy (non-hydrogen) atoms. The lowest BCUT2D eigenvalue weighted by Gasteiger charge is -2.30. The van der Waals surface area contributed by atoms with Crippen molar-refractivity contribution in [2.45, 2.75) is 25.7 Å². The molecule has 1 heterocycles. The summed E-state index contributed by atoms with van der Waals surface area (Å²) in [6.45, 7) is 0.719. The Labute approximate surface area is 132 Å². The molecule has 5 nitrogen and oxygen atoms in total. The number of rotatable bonds is 4. The third-order valence-electron chi connectivity index (χ3n) is 3.81. The molecule has 1 aliphatic heterocycles. The van der Waals surface area contributed by atoms with Gasteiger partial charge >= 0.3 is 0 Å². The number of aryl methyl sites for hydroxylation is 1. The minimum Gasteiger partial charge on any atom is -0.312 e. The summed E-state index contributed by atoms with van der Waals surface area (Å²) in [6, 6.07) is 5.44. The zero-order chi connectivity index (χ0) is 15.0. The molecule has 3 rings (SSSR count). The normalized spacial score (nSPS) is 18.2. The molecule has 1 aromatic carbocycles. The monoisotopic (exact) mass is 372 g/mol. The average Bonchev–Trinajstić information content (AvgIpc) is 3.30. The van der Waals surface area contributed by atoms with Gasteiger partial charge in [0, 0.05) is 18.2 Å². The maximum Gasteiger partial charge on any atom is 0.242 e. The highest BCUT2D eigenvalue weighted by molar-refractivity contribution is 9.10. The summed E-state index contributed by atoms with van der Waals surface area (Å²) in [5.41, 5.74) is 2.47. The number of benzene rings is 1. The number of nitrogens with zero attached hydrogens (tertiary/aromatic N) is 1. The van der Waals surface area contributed by atoms with Gasteiger partial charge in [0.2, 0.25) is 15.9 Å². The van der Waals surface area contributed by atoms with Crippen molar-refractivity contribution in [3.05, 3.63) is 23.8 Å². The van der Waals surface area contributed by atoms with Gasteiger partial charge in [-0.1, -0.05) is 22.0 Å². The summed E-state index contributed by atoms with van der Waals surface area (Å²) < 4.78 is 25.6. The quantitative estimate of drug-likeness (QED) is 0.825. The Morgan fingerprint density at radius 1 is 1.38 bits per heavy atom. The van der Waals surface area contributed by atoms with Gasteiger partial charge in [-0.3, -0.25) is 9.52 Å². The first kappa shape index (κ1) is 14.8. The van der Waals surface area contributed by atoms with Crippen molar-refractivity contribution in [2.75, 3.05) is 20.8 Å². The molecule has 0 radical (unpaired) electrons. The van der Waals surface area contributed by atoms with Crippen LogP contribution in [-0.4, -0.2) is 25.5 Å². The Kier molecular flexibility index (Phi) is 3.96. The van der Waals surface area contributed by atoms with Crippen LogP contribution in [0.4, 0.5) is 11.4 Å². The van der Waals surface area contributed by atoms with Crippen LogP contribution in [0.2, 0.25) is 0 Å². The van der Waals surface area contributed by atoms with Crippen molar-refractivity contribution in [1.29, 1.82) is 0 Å². The Hall–Kier alpha value is -1.08. The first-order valence-corrected chi connectivity index (χ1v) is 9.78. The molecule has 7 heteroatoms. The molecule has 2 aliphatic rings.